The number of primary amides is 1. The number of fused-ring (bicyclic) bond motifs is 3. The average molecular weight is 569 g/mol. The van der Waals surface area contributed by atoms with Crippen molar-refractivity contribution in [2.24, 2.45) is 29.4 Å². The third-order valence-electron chi connectivity index (χ3n) is 10.4. The first-order valence-electron chi connectivity index (χ1n) is 14.3. The number of carbonyl (C=O) groups excluding carboxylic acids is 3. The highest BCUT2D eigenvalue weighted by molar-refractivity contribution is 6.24. The van der Waals surface area contributed by atoms with E-state index in [4.69, 9.17) is 5.73 Å². The number of phenolic OH excluding ortho intramolecular Hbond substituents is 1. The third kappa shape index (κ3) is 3.98. The van der Waals surface area contributed by atoms with Crippen LogP contribution in [0.5, 0.6) is 5.75 Å². The number of aromatic hydroxyl groups is 1. The number of hydrogen-bond donors (Lipinski definition) is 6. The Hall–Kier alpha value is -3.21. The number of nitrogens with two attached hydrogens (primary N) is 1. The number of amides is 1. The molecule has 0 spiro atoms. The summed E-state index contributed by atoms with van der Waals surface area (Å²) in [6.07, 6.45) is 2.63. The van der Waals surface area contributed by atoms with Crippen LogP contribution in [0.25, 0.3) is 5.76 Å². The minimum absolute atomic E-state index is 0.0184. The standard InChI is InChI=1S/C31H40N2O8/c1-12-6-8-15(9-7-12)13(2)17-11-10-16-14(3)18-20(25(35)19(16)24(17)34)28(38)31(41)22(26(18)36)23(33(4)5)27(37)21(29(31)39)30(32)40/h10-15,18,22-23,26,34-36,39,41H,6-9H2,1-5H3,(H2,32,40)/t12?,13?,14-,15?,18+,22+,23-,26-,31-/m1/s1. The van der Waals surface area contributed by atoms with Crippen molar-refractivity contribution in [1.29, 1.82) is 0 Å². The Bertz CT molecular complexity index is 1390. The Labute approximate surface area is 239 Å². The van der Waals surface area contributed by atoms with Crippen LogP contribution in [0.3, 0.4) is 0 Å². The maximum atomic E-state index is 14.2. The van der Waals surface area contributed by atoms with Gasteiger partial charge in [-0.3, -0.25) is 19.3 Å². The predicted molar refractivity (Wildman–Crippen MR) is 150 cm³/mol. The van der Waals surface area contributed by atoms with E-state index >= 15 is 0 Å². The number of phenols is 1. The van der Waals surface area contributed by atoms with Crippen molar-refractivity contribution in [2.45, 2.75) is 76.0 Å². The smallest absolute Gasteiger partial charge is 0.255 e. The second-order valence-corrected chi connectivity index (χ2v) is 12.8. The van der Waals surface area contributed by atoms with E-state index in [0.717, 1.165) is 25.7 Å². The molecule has 10 heteroatoms. The predicted octanol–water partition coefficient (Wildman–Crippen LogP) is 2.43. The maximum absolute atomic E-state index is 14.2. The maximum Gasteiger partial charge on any atom is 0.255 e. The van der Waals surface area contributed by atoms with E-state index < -0.39 is 70.1 Å². The van der Waals surface area contributed by atoms with E-state index in [1.54, 1.807) is 13.0 Å². The highest BCUT2D eigenvalue weighted by Crippen LogP contribution is 2.57. The Morgan fingerprint density at radius 3 is 2.24 bits per heavy atom. The molecule has 1 unspecified atom stereocenters. The highest BCUT2D eigenvalue weighted by Gasteiger charge is 2.68. The Kier molecular flexibility index (Phi) is 7.11. The second-order valence-electron chi connectivity index (χ2n) is 12.8. The number of benzene rings is 1. The van der Waals surface area contributed by atoms with Crippen molar-refractivity contribution in [2.75, 3.05) is 14.1 Å². The van der Waals surface area contributed by atoms with E-state index in [0.29, 0.717) is 23.0 Å². The van der Waals surface area contributed by atoms with E-state index in [1.165, 1.54) is 19.0 Å². The number of rotatable bonds is 4. The second kappa shape index (κ2) is 9.96. The molecule has 0 saturated heterocycles. The molecule has 41 heavy (non-hydrogen) atoms. The van der Waals surface area contributed by atoms with Crippen LogP contribution in [0.4, 0.5) is 0 Å². The summed E-state index contributed by atoms with van der Waals surface area (Å²) in [6.45, 7) is 6.01. The Morgan fingerprint density at radius 1 is 1.07 bits per heavy atom. The lowest BCUT2D eigenvalue weighted by Crippen LogP contribution is -2.70. The van der Waals surface area contributed by atoms with Crippen LogP contribution in [0.1, 0.15) is 75.0 Å². The Balaban J connectivity index is 1.69. The summed E-state index contributed by atoms with van der Waals surface area (Å²) in [6, 6.07) is 2.25. The van der Waals surface area contributed by atoms with Gasteiger partial charge in [0.25, 0.3) is 5.91 Å². The van der Waals surface area contributed by atoms with Crippen LogP contribution in [0, 0.1) is 23.7 Å². The third-order valence-corrected chi connectivity index (χ3v) is 10.4. The fourth-order valence-corrected chi connectivity index (χ4v) is 8.04. The molecule has 0 aromatic heterocycles. The average Bonchev–Trinajstić information content (AvgIpc) is 2.90. The van der Waals surface area contributed by atoms with Crippen LogP contribution in [-0.4, -0.2) is 79.7 Å². The molecule has 0 radical (unpaired) electrons. The number of ketones is 2. The SMILES string of the molecule is CC1CCC(C(C)c2ccc3c(c2O)C(O)=C2C(=O)[C@@]4(O)C(O)=C(C(N)=O)C(=O)[C@H](N(C)C)[C@H]4[C@H](O)[C@H]2[C@@H]3C)CC1. The van der Waals surface area contributed by atoms with Crippen LogP contribution in [0.2, 0.25) is 0 Å². The van der Waals surface area contributed by atoms with Crippen molar-refractivity contribution >= 4 is 23.2 Å². The fraction of sp³-hybridized carbons (Fsp3) is 0.581. The summed E-state index contributed by atoms with van der Waals surface area (Å²) in [5.74, 6) is -7.67. The quantitative estimate of drug-likeness (QED) is 0.297. The van der Waals surface area contributed by atoms with Gasteiger partial charge >= 0.3 is 0 Å². The minimum atomic E-state index is -2.91. The monoisotopic (exact) mass is 568 g/mol. The zero-order chi connectivity index (χ0) is 30.3. The molecule has 1 aromatic carbocycles. The van der Waals surface area contributed by atoms with Gasteiger partial charge in [-0.15, -0.1) is 0 Å². The van der Waals surface area contributed by atoms with E-state index in [-0.39, 0.29) is 22.8 Å². The van der Waals surface area contributed by atoms with Gasteiger partial charge in [-0.1, -0.05) is 45.7 Å². The normalized spacial score (nSPS) is 36.1. The molecule has 222 valence electrons. The number of nitrogens with zero attached hydrogens (tertiary/aromatic N) is 1. The first-order chi connectivity index (χ1) is 19.2. The number of likely N-dealkylation sites (N-methyl/N-ethyl adjacent to an activating group) is 1. The lowest BCUT2D eigenvalue weighted by atomic mass is 9.54. The highest BCUT2D eigenvalue weighted by atomic mass is 16.4. The molecule has 10 nitrogen and oxygen atoms in total. The van der Waals surface area contributed by atoms with Gasteiger partial charge in [-0.25, -0.2) is 0 Å². The van der Waals surface area contributed by atoms with E-state index in [2.05, 4.69) is 6.92 Å². The van der Waals surface area contributed by atoms with Crippen LogP contribution >= 0.6 is 0 Å². The van der Waals surface area contributed by atoms with Crippen molar-refractivity contribution in [3.8, 4) is 5.75 Å². The van der Waals surface area contributed by atoms with Crippen LogP contribution < -0.4 is 5.73 Å². The van der Waals surface area contributed by atoms with Gasteiger partial charge in [-0.05, 0) is 61.7 Å². The molecule has 1 amide bonds. The van der Waals surface area contributed by atoms with Crippen molar-refractivity contribution < 1.29 is 39.9 Å². The summed E-state index contributed by atoms with van der Waals surface area (Å²) in [4.78, 5) is 41.0. The summed E-state index contributed by atoms with van der Waals surface area (Å²) < 4.78 is 0. The number of aliphatic hydroxyl groups excluding tert-OH is 3. The van der Waals surface area contributed by atoms with Crippen molar-refractivity contribution in [3.05, 3.63) is 45.7 Å². The molecule has 5 rings (SSSR count). The summed E-state index contributed by atoms with van der Waals surface area (Å²) in [5.41, 5.74) is 2.37. The molecule has 1 aromatic rings. The first-order valence-corrected chi connectivity index (χ1v) is 14.3. The van der Waals surface area contributed by atoms with Gasteiger partial charge in [0.1, 0.15) is 22.8 Å². The molecular formula is C31H40N2O8. The lowest BCUT2D eigenvalue weighted by Gasteiger charge is -2.53. The topological polar surface area (TPSA) is 182 Å². The molecule has 0 aliphatic heterocycles. The molecule has 2 saturated carbocycles. The Morgan fingerprint density at radius 2 is 1.68 bits per heavy atom. The molecule has 0 bridgehead atoms. The van der Waals surface area contributed by atoms with E-state index in [9.17, 15) is 39.9 Å². The summed E-state index contributed by atoms with van der Waals surface area (Å²) >= 11 is 0. The van der Waals surface area contributed by atoms with Gasteiger partial charge in [-0.2, -0.15) is 0 Å². The molecule has 4 aliphatic carbocycles. The van der Waals surface area contributed by atoms with E-state index in [1.807, 2.05) is 13.0 Å². The molecule has 7 N–H and O–H groups in total. The largest absolute Gasteiger partial charge is 0.508 e. The minimum Gasteiger partial charge on any atom is -0.508 e. The van der Waals surface area contributed by atoms with Crippen LogP contribution in [0.15, 0.2) is 29.0 Å². The van der Waals surface area contributed by atoms with Gasteiger partial charge in [0.15, 0.2) is 11.4 Å². The van der Waals surface area contributed by atoms with Gasteiger partial charge < -0.3 is 31.3 Å². The number of hydrogen-bond acceptors (Lipinski definition) is 9. The molecule has 7 atom stereocenters. The van der Waals surface area contributed by atoms with Gasteiger partial charge in [0, 0.05) is 11.5 Å². The molecular weight excluding hydrogens is 528 g/mol. The van der Waals surface area contributed by atoms with Gasteiger partial charge in [0.05, 0.1) is 23.6 Å². The molecule has 2 fully saturated rings. The number of carbonyl (C=O) groups is 3. The van der Waals surface area contributed by atoms with Crippen LogP contribution in [-0.2, 0) is 14.4 Å². The fourth-order valence-electron chi connectivity index (χ4n) is 8.04. The zero-order valence-electron chi connectivity index (χ0n) is 24.1. The lowest BCUT2D eigenvalue weighted by molar-refractivity contribution is -0.169. The molecule has 0 heterocycles. The zero-order valence-corrected chi connectivity index (χ0v) is 24.1. The van der Waals surface area contributed by atoms with Crippen molar-refractivity contribution in [1.82, 2.24) is 4.90 Å². The number of aliphatic hydroxyl groups is 4. The summed E-state index contributed by atoms with van der Waals surface area (Å²) in [7, 11) is 2.97. The first kappa shape index (κ1) is 29.3. The molecule has 4 aliphatic rings. The summed E-state index contributed by atoms with van der Waals surface area (Å²) in [5, 5.41) is 57.7. The number of Topliss-reactive ketones (excluding diaryl/α,β-unsaturated/α-hetero) is 2. The van der Waals surface area contributed by atoms with Crippen molar-refractivity contribution in [3.63, 3.8) is 0 Å². The van der Waals surface area contributed by atoms with Gasteiger partial charge in [0.2, 0.25) is 5.78 Å².